The van der Waals surface area contributed by atoms with Gasteiger partial charge in [-0.2, -0.15) is 39.5 Å². The van der Waals surface area contributed by atoms with E-state index in [0.717, 1.165) is 0 Å². The molecule has 1 N–H and O–H groups in total. The predicted molar refractivity (Wildman–Crippen MR) is 237 cm³/mol. The second-order valence-electron chi connectivity index (χ2n) is 15.0. The monoisotopic (exact) mass is 1010 g/mol. The molecule has 0 saturated carbocycles. The fourth-order valence-corrected chi connectivity index (χ4v) is 6.95. The van der Waals surface area contributed by atoms with Crippen LogP contribution in [0, 0.1) is 0 Å². The number of halogens is 9. The molecule has 0 radical (unpaired) electrons. The maximum atomic E-state index is 13.1. The van der Waals surface area contributed by atoms with E-state index in [2.05, 4.69) is 54.3 Å². The molecule has 17 nitrogen and oxygen atoms in total. The third kappa shape index (κ3) is 10.8. The zero-order valence-electron chi connectivity index (χ0n) is 38.1. The van der Waals surface area contributed by atoms with E-state index in [-0.39, 0.29) is 51.8 Å². The van der Waals surface area contributed by atoms with Gasteiger partial charge >= 0.3 is 30.5 Å². The van der Waals surface area contributed by atoms with Gasteiger partial charge in [0.05, 0.1) is 42.4 Å². The first-order valence-corrected chi connectivity index (χ1v) is 21.2. The van der Waals surface area contributed by atoms with Crippen LogP contribution in [0.5, 0.6) is 5.75 Å². The number of aromatic hydroxyl groups is 1. The summed E-state index contributed by atoms with van der Waals surface area (Å²) >= 11 is 0. The molecule has 0 aliphatic heterocycles. The maximum Gasteiger partial charge on any atom is 0.451 e. The fraction of sp³-hybridized carbons (Fsp3) is 0.239. The molecule has 0 aliphatic rings. The SMILES string of the molecule is CCc1nc(C(F)(F)F)nc2c1ncn2-c1ccc(C(=O)OC)cc1.CCc1nc(C(F)(F)F)nc2c1ncn2-c1ccc(O)cc1.CCc1nc(C(F)(F)F)nc2c1ncn2-c1cccc(C(=O)OC)c1. The summed E-state index contributed by atoms with van der Waals surface area (Å²) in [5.41, 5.74) is 3.90. The fourth-order valence-electron chi connectivity index (χ4n) is 6.95. The number of phenols is 1. The summed E-state index contributed by atoms with van der Waals surface area (Å²) in [4.78, 5) is 57.1. The molecule has 0 unspecified atom stereocenters. The number of carbonyl (C=O) groups is 2. The molecule has 26 heteroatoms. The number of hydrogen-bond acceptors (Lipinski definition) is 14. The summed E-state index contributed by atoms with van der Waals surface area (Å²) < 4.78 is 131. The van der Waals surface area contributed by atoms with Crippen molar-refractivity contribution in [2.45, 2.75) is 58.6 Å². The molecule has 9 aromatic rings. The number of phenolic OH excluding ortho intramolecular Hbond substituents is 1. The highest BCUT2D eigenvalue weighted by Gasteiger charge is 2.38. The van der Waals surface area contributed by atoms with Gasteiger partial charge in [-0.15, -0.1) is 0 Å². The first-order chi connectivity index (χ1) is 34.1. The van der Waals surface area contributed by atoms with Crippen molar-refractivity contribution in [1.82, 2.24) is 58.6 Å². The number of alkyl halides is 9. The highest BCUT2D eigenvalue weighted by molar-refractivity contribution is 5.90. The van der Waals surface area contributed by atoms with Gasteiger partial charge < -0.3 is 14.6 Å². The standard InChI is InChI=1S/2C16H13F3N4O2.C14H11F3N4O/c1-3-11-12-13(22-15(21-11)16(17,18)19)23(8-20-12)10-6-4-9(5-7-10)14(24)25-2;1-3-11-12-13(22-15(21-11)16(17,18)19)23(8-20-12)10-6-4-5-9(7-10)14(24)25-2;1-2-10-11-12(20-13(19-10)14(15,16)17)21(7-18-11)8-3-5-9(22)6-4-8/h2*4-8H,3H2,1-2H3;3-7,22H,2H2,1H3. The molecule has 374 valence electrons. The van der Waals surface area contributed by atoms with Crippen molar-refractivity contribution in [3.05, 3.63) is 137 Å². The van der Waals surface area contributed by atoms with Crippen LogP contribution in [0.1, 0.15) is 76.0 Å². The molecule has 0 spiro atoms. The number of fused-ring (bicyclic) bond motifs is 3. The number of aromatic nitrogens is 12. The van der Waals surface area contributed by atoms with Gasteiger partial charge in [0, 0.05) is 17.1 Å². The molecule has 3 aromatic carbocycles. The van der Waals surface area contributed by atoms with E-state index >= 15 is 0 Å². The lowest BCUT2D eigenvalue weighted by Crippen LogP contribution is -2.13. The van der Waals surface area contributed by atoms with Gasteiger partial charge in [-0.05, 0) is 86.0 Å². The lowest BCUT2D eigenvalue weighted by Gasteiger charge is -2.09. The van der Waals surface area contributed by atoms with Gasteiger partial charge in [-0.25, -0.2) is 54.4 Å². The lowest BCUT2D eigenvalue weighted by atomic mass is 10.2. The van der Waals surface area contributed by atoms with Crippen LogP contribution in [-0.4, -0.2) is 89.8 Å². The molecule has 0 atom stereocenters. The van der Waals surface area contributed by atoms with Crippen molar-refractivity contribution in [3.8, 4) is 22.8 Å². The maximum absolute atomic E-state index is 13.1. The highest BCUT2D eigenvalue weighted by atomic mass is 19.4. The lowest BCUT2D eigenvalue weighted by molar-refractivity contribution is -0.145. The molecule has 0 saturated heterocycles. The number of aryl methyl sites for hydroxylation is 3. The van der Waals surface area contributed by atoms with Crippen LogP contribution in [0.25, 0.3) is 50.6 Å². The Morgan fingerprint density at radius 2 is 0.833 bits per heavy atom. The average molecular weight is 1010 g/mol. The first-order valence-electron chi connectivity index (χ1n) is 21.2. The number of ether oxygens (including phenoxy) is 2. The zero-order valence-corrected chi connectivity index (χ0v) is 38.1. The van der Waals surface area contributed by atoms with Crippen LogP contribution in [0.3, 0.4) is 0 Å². The highest BCUT2D eigenvalue weighted by Crippen LogP contribution is 2.32. The van der Waals surface area contributed by atoms with Crippen molar-refractivity contribution in [3.63, 3.8) is 0 Å². The second kappa shape index (κ2) is 20.4. The molecular formula is C46H37F9N12O5. The van der Waals surface area contributed by atoms with Gasteiger partial charge in [0.2, 0.25) is 17.5 Å². The van der Waals surface area contributed by atoms with Crippen molar-refractivity contribution < 1.29 is 63.7 Å². The van der Waals surface area contributed by atoms with Crippen molar-refractivity contribution in [2.75, 3.05) is 14.2 Å². The Morgan fingerprint density at radius 3 is 1.18 bits per heavy atom. The molecule has 6 aromatic heterocycles. The summed E-state index contributed by atoms with van der Waals surface area (Å²) in [6.45, 7) is 5.10. The Kier molecular flexibility index (Phi) is 14.5. The number of methoxy groups -OCH3 is 2. The Bertz CT molecular complexity index is 3420. The quantitative estimate of drug-likeness (QED) is 0.111. The van der Waals surface area contributed by atoms with E-state index in [1.807, 2.05) is 0 Å². The molecule has 6 heterocycles. The molecule has 0 amide bonds. The summed E-state index contributed by atoms with van der Waals surface area (Å²) in [7, 11) is 2.51. The second-order valence-corrected chi connectivity index (χ2v) is 15.0. The minimum absolute atomic E-state index is 0.0289. The van der Waals surface area contributed by atoms with E-state index in [0.29, 0.717) is 52.0 Å². The van der Waals surface area contributed by atoms with Crippen molar-refractivity contribution in [1.29, 1.82) is 0 Å². The van der Waals surface area contributed by atoms with Crippen LogP contribution in [0.2, 0.25) is 0 Å². The summed E-state index contributed by atoms with van der Waals surface area (Å²) in [5.74, 6) is -4.60. The van der Waals surface area contributed by atoms with Gasteiger partial charge in [-0.1, -0.05) is 26.8 Å². The Labute approximate surface area is 400 Å². The topological polar surface area (TPSA) is 204 Å². The van der Waals surface area contributed by atoms with Crippen LogP contribution in [0.4, 0.5) is 39.5 Å². The van der Waals surface area contributed by atoms with E-state index in [1.54, 1.807) is 63.2 Å². The number of nitrogens with zero attached hydrogens (tertiary/aromatic N) is 12. The molecule has 0 fully saturated rings. The van der Waals surface area contributed by atoms with E-state index in [1.165, 1.54) is 77.2 Å². The predicted octanol–water partition coefficient (Wildman–Crippen LogP) is 9.47. The van der Waals surface area contributed by atoms with E-state index in [4.69, 9.17) is 0 Å². The van der Waals surface area contributed by atoms with Crippen LogP contribution in [0.15, 0.2) is 91.8 Å². The number of carbonyl (C=O) groups excluding carboxylic acids is 2. The zero-order chi connectivity index (χ0) is 52.3. The van der Waals surface area contributed by atoms with Crippen LogP contribution < -0.4 is 0 Å². The third-order valence-corrected chi connectivity index (χ3v) is 10.4. The van der Waals surface area contributed by atoms with Gasteiger partial charge in [0.15, 0.2) is 16.9 Å². The van der Waals surface area contributed by atoms with Crippen molar-refractivity contribution >= 4 is 45.4 Å². The molecule has 72 heavy (non-hydrogen) atoms. The minimum Gasteiger partial charge on any atom is -0.508 e. The Hall–Kier alpha value is -8.58. The van der Waals surface area contributed by atoms with Crippen molar-refractivity contribution in [2.24, 2.45) is 0 Å². The smallest absolute Gasteiger partial charge is 0.451 e. The van der Waals surface area contributed by atoms with Crippen LogP contribution in [-0.2, 0) is 47.3 Å². The molecule has 0 bridgehead atoms. The van der Waals surface area contributed by atoms with Crippen LogP contribution >= 0.6 is 0 Å². The number of esters is 2. The number of imidazole rings is 3. The Balaban J connectivity index is 0.000000159. The minimum atomic E-state index is -4.67. The number of benzene rings is 3. The summed E-state index contributed by atoms with van der Waals surface area (Å²) in [5, 5.41) is 9.30. The summed E-state index contributed by atoms with van der Waals surface area (Å²) in [6.07, 6.45) is -8.92. The third-order valence-electron chi connectivity index (χ3n) is 10.4. The van der Waals surface area contributed by atoms with E-state index < -0.39 is 47.9 Å². The Morgan fingerprint density at radius 1 is 0.486 bits per heavy atom. The molecule has 9 rings (SSSR count). The van der Waals surface area contributed by atoms with E-state index in [9.17, 15) is 54.2 Å². The summed E-state index contributed by atoms with van der Waals surface area (Å²) in [6, 6.07) is 18.5. The van der Waals surface area contributed by atoms with Gasteiger partial charge in [-0.3, -0.25) is 13.7 Å². The normalized spacial score (nSPS) is 11.8. The number of hydrogen-bond donors (Lipinski definition) is 1. The largest absolute Gasteiger partial charge is 0.508 e. The van der Waals surface area contributed by atoms with Gasteiger partial charge in [0.1, 0.15) is 41.3 Å². The van der Waals surface area contributed by atoms with Gasteiger partial charge in [0.25, 0.3) is 0 Å². The number of rotatable bonds is 8. The molecular weight excluding hydrogens is 972 g/mol. The average Bonchev–Trinajstić information content (AvgIpc) is 4.13. The first kappa shape index (κ1) is 51.3. The molecule has 0 aliphatic carbocycles.